The van der Waals surface area contributed by atoms with E-state index in [1.165, 1.54) is 24.3 Å². The summed E-state index contributed by atoms with van der Waals surface area (Å²) in [6.07, 6.45) is -8.36. The number of nitriles is 1. The van der Waals surface area contributed by atoms with Crippen molar-refractivity contribution in [2.45, 2.75) is 18.4 Å². The minimum atomic E-state index is -4.81. The van der Waals surface area contributed by atoms with Crippen LogP contribution in [-0.2, 0) is 12.4 Å². The van der Waals surface area contributed by atoms with Crippen molar-refractivity contribution in [2.75, 3.05) is 0 Å². The predicted molar refractivity (Wildman–Crippen MR) is 101 cm³/mol. The fourth-order valence-corrected chi connectivity index (χ4v) is 2.97. The number of hydrogen-bond acceptors (Lipinski definition) is 3. The van der Waals surface area contributed by atoms with E-state index in [1.54, 1.807) is 0 Å². The third-order valence-corrected chi connectivity index (χ3v) is 4.54. The molecule has 164 valence electrons. The van der Waals surface area contributed by atoms with Gasteiger partial charge in [-0.05, 0) is 54.1 Å². The number of hydrogen-bond donors (Lipinski definition) is 1. The number of nitrogens with one attached hydrogen (secondary N) is 1. The van der Waals surface area contributed by atoms with Gasteiger partial charge >= 0.3 is 12.4 Å². The predicted octanol–water partition coefficient (Wildman–Crippen LogP) is 5.51. The quantitative estimate of drug-likeness (QED) is 0.534. The normalized spacial score (nSPS) is 12.7. The number of carbonyl (C=O) groups is 1. The lowest BCUT2D eigenvalue weighted by Gasteiger charge is -2.23. The van der Waals surface area contributed by atoms with Crippen LogP contribution >= 0.6 is 0 Å². The van der Waals surface area contributed by atoms with Crippen molar-refractivity contribution < 1.29 is 31.1 Å². The van der Waals surface area contributed by atoms with Crippen molar-refractivity contribution in [2.24, 2.45) is 0 Å². The number of alkyl halides is 6. The van der Waals surface area contributed by atoms with Crippen LogP contribution in [0.25, 0.3) is 0 Å². The maximum atomic E-state index is 13.6. The standard InChI is InChI=1S/C22H13F6N3O/c23-21(24,25)16-9-7-14(8-10-16)18(19-17(22(26,27)28)2-1-11-30-19)31-20(32)15-5-3-13(12-29)4-6-15/h1-11,18H,(H,31,32)/t18-/m0/s1. The molecule has 0 aliphatic heterocycles. The molecule has 10 heteroatoms. The van der Waals surface area contributed by atoms with E-state index < -0.39 is 41.1 Å². The first kappa shape index (κ1) is 22.8. The SMILES string of the molecule is N#Cc1ccc(C(=O)N[C@@H](c2ccc(C(F)(F)F)cc2)c2ncccc2C(F)(F)F)cc1. The molecule has 0 saturated carbocycles. The van der Waals surface area contributed by atoms with Gasteiger partial charge in [0.25, 0.3) is 5.91 Å². The number of benzene rings is 2. The van der Waals surface area contributed by atoms with Crippen LogP contribution < -0.4 is 5.32 Å². The zero-order valence-electron chi connectivity index (χ0n) is 16.0. The zero-order chi connectivity index (χ0) is 23.5. The Bertz CT molecular complexity index is 1150. The summed E-state index contributed by atoms with van der Waals surface area (Å²) < 4.78 is 79.4. The number of rotatable bonds is 4. The van der Waals surface area contributed by atoms with Crippen LogP contribution in [-0.4, -0.2) is 10.9 Å². The molecule has 0 saturated heterocycles. The molecule has 0 spiro atoms. The summed E-state index contributed by atoms with van der Waals surface area (Å²) in [6.45, 7) is 0. The third kappa shape index (κ3) is 5.06. The summed E-state index contributed by atoms with van der Waals surface area (Å²) in [7, 11) is 0. The summed E-state index contributed by atoms with van der Waals surface area (Å²) in [5, 5.41) is 11.3. The summed E-state index contributed by atoms with van der Waals surface area (Å²) in [5.41, 5.74) is -2.40. The molecule has 3 aromatic rings. The second kappa shape index (κ2) is 8.70. The van der Waals surface area contributed by atoms with Crippen molar-refractivity contribution in [3.8, 4) is 6.07 Å². The molecule has 32 heavy (non-hydrogen) atoms. The summed E-state index contributed by atoms with van der Waals surface area (Å²) in [5.74, 6) is -0.793. The van der Waals surface area contributed by atoms with E-state index in [9.17, 15) is 31.1 Å². The first-order valence-corrected chi connectivity index (χ1v) is 9.01. The van der Waals surface area contributed by atoms with Gasteiger partial charge in [0.15, 0.2) is 0 Å². The Morgan fingerprint density at radius 2 is 1.53 bits per heavy atom. The fourth-order valence-electron chi connectivity index (χ4n) is 2.97. The molecule has 0 radical (unpaired) electrons. The van der Waals surface area contributed by atoms with Gasteiger partial charge < -0.3 is 5.32 Å². The Labute approximate surface area is 178 Å². The number of pyridine rings is 1. The van der Waals surface area contributed by atoms with Crippen LogP contribution in [0.4, 0.5) is 26.3 Å². The van der Waals surface area contributed by atoms with Gasteiger partial charge in [0.05, 0.1) is 34.5 Å². The first-order chi connectivity index (χ1) is 15.0. The van der Waals surface area contributed by atoms with Crippen molar-refractivity contribution in [1.82, 2.24) is 10.3 Å². The van der Waals surface area contributed by atoms with Crippen molar-refractivity contribution in [3.05, 3.63) is 100 Å². The minimum absolute atomic E-state index is 0.0239. The fraction of sp³-hybridized carbons (Fsp3) is 0.136. The Balaban J connectivity index is 2.06. The van der Waals surface area contributed by atoms with Gasteiger partial charge in [0.2, 0.25) is 0 Å². The van der Waals surface area contributed by atoms with Gasteiger partial charge in [-0.15, -0.1) is 0 Å². The lowest BCUT2D eigenvalue weighted by Crippen LogP contribution is -2.31. The highest BCUT2D eigenvalue weighted by atomic mass is 19.4. The smallest absolute Gasteiger partial charge is 0.340 e. The van der Waals surface area contributed by atoms with E-state index in [4.69, 9.17) is 5.26 Å². The molecule has 3 rings (SSSR count). The molecule has 1 heterocycles. The second-order valence-electron chi connectivity index (χ2n) is 6.65. The number of carbonyl (C=O) groups excluding carboxylic acids is 1. The monoisotopic (exact) mass is 449 g/mol. The highest BCUT2D eigenvalue weighted by Crippen LogP contribution is 2.36. The molecule has 0 bridgehead atoms. The molecule has 0 aliphatic rings. The van der Waals surface area contributed by atoms with Crippen LogP contribution in [0.2, 0.25) is 0 Å². The van der Waals surface area contributed by atoms with E-state index >= 15 is 0 Å². The minimum Gasteiger partial charge on any atom is -0.340 e. The largest absolute Gasteiger partial charge is 0.418 e. The van der Waals surface area contributed by atoms with Crippen LogP contribution in [0, 0.1) is 11.3 Å². The topological polar surface area (TPSA) is 65.8 Å². The molecule has 1 atom stereocenters. The van der Waals surface area contributed by atoms with Gasteiger partial charge in [-0.25, -0.2) is 0 Å². The highest BCUT2D eigenvalue weighted by molar-refractivity contribution is 5.94. The van der Waals surface area contributed by atoms with E-state index in [1.807, 2.05) is 6.07 Å². The molecule has 4 nitrogen and oxygen atoms in total. The maximum absolute atomic E-state index is 13.6. The van der Waals surface area contributed by atoms with Gasteiger partial charge in [0.1, 0.15) is 0 Å². The lowest BCUT2D eigenvalue weighted by atomic mass is 9.97. The average molecular weight is 449 g/mol. The van der Waals surface area contributed by atoms with E-state index in [0.717, 1.165) is 30.5 Å². The number of aromatic nitrogens is 1. The van der Waals surface area contributed by atoms with Crippen molar-refractivity contribution in [3.63, 3.8) is 0 Å². The van der Waals surface area contributed by atoms with Gasteiger partial charge in [0, 0.05) is 11.8 Å². The number of amides is 1. The molecule has 1 aromatic heterocycles. The van der Waals surface area contributed by atoms with E-state index in [0.29, 0.717) is 12.1 Å². The Kier molecular flexibility index (Phi) is 6.20. The molecule has 2 aromatic carbocycles. The third-order valence-electron chi connectivity index (χ3n) is 4.54. The van der Waals surface area contributed by atoms with Gasteiger partial charge in [-0.1, -0.05) is 12.1 Å². The van der Waals surface area contributed by atoms with Crippen LogP contribution in [0.15, 0.2) is 66.9 Å². The molecule has 1 amide bonds. The lowest BCUT2D eigenvalue weighted by molar-refractivity contribution is -0.139. The zero-order valence-corrected chi connectivity index (χ0v) is 16.0. The Hall–Kier alpha value is -3.87. The summed E-state index contributed by atoms with van der Waals surface area (Å²) >= 11 is 0. The number of nitrogens with zero attached hydrogens (tertiary/aromatic N) is 2. The molecular formula is C22H13F6N3O. The maximum Gasteiger partial charge on any atom is 0.418 e. The van der Waals surface area contributed by atoms with E-state index in [-0.39, 0.29) is 16.7 Å². The second-order valence-corrected chi connectivity index (χ2v) is 6.65. The van der Waals surface area contributed by atoms with Crippen LogP contribution in [0.3, 0.4) is 0 Å². The van der Waals surface area contributed by atoms with Gasteiger partial charge in [-0.2, -0.15) is 31.6 Å². The molecule has 0 aliphatic carbocycles. The van der Waals surface area contributed by atoms with Crippen molar-refractivity contribution in [1.29, 1.82) is 5.26 Å². The molecular weight excluding hydrogens is 436 g/mol. The average Bonchev–Trinajstić information content (AvgIpc) is 2.76. The van der Waals surface area contributed by atoms with Crippen LogP contribution in [0.1, 0.15) is 44.3 Å². The summed E-state index contributed by atoms with van der Waals surface area (Å²) in [4.78, 5) is 16.5. The van der Waals surface area contributed by atoms with Crippen LogP contribution in [0.5, 0.6) is 0 Å². The summed E-state index contributed by atoms with van der Waals surface area (Å²) in [6, 6.07) is 10.9. The molecule has 1 N–H and O–H groups in total. The van der Waals surface area contributed by atoms with E-state index in [2.05, 4.69) is 10.3 Å². The van der Waals surface area contributed by atoms with Crippen molar-refractivity contribution >= 4 is 5.91 Å². The molecule has 0 fully saturated rings. The Morgan fingerprint density at radius 1 is 0.906 bits per heavy atom. The molecule has 0 unspecified atom stereocenters. The Morgan fingerprint density at radius 3 is 2.06 bits per heavy atom. The first-order valence-electron chi connectivity index (χ1n) is 9.01. The highest BCUT2D eigenvalue weighted by Gasteiger charge is 2.37. The number of halogens is 6. The van der Waals surface area contributed by atoms with Gasteiger partial charge in [-0.3, -0.25) is 9.78 Å².